The van der Waals surface area contributed by atoms with Gasteiger partial charge in [-0.2, -0.15) is 4.37 Å². The van der Waals surface area contributed by atoms with Crippen LogP contribution in [-0.2, 0) is 6.42 Å². The van der Waals surface area contributed by atoms with Gasteiger partial charge in [0.15, 0.2) is 5.82 Å². The monoisotopic (exact) mass is 312 g/mol. The molecule has 1 aromatic carbocycles. The molecule has 0 spiro atoms. The number of anilines is 2. The van der Waals surface area contributed by atoms with E-state index in [2.05, 4.69) is 15.0 Å². The van der Waals surface area contributed by atoms with Gasteiger partial charge in [0.05, 0.1) is 0 Å². The lowest BCUT2D eigenvalue weighted by atomic mass is 10.1. The summed E-state index contributed by atoms with van der Waals surface area (Å²) in [6.07, 6.45) is 0.402. The SMILES string of the molecule is CNC(=O)c1c(N)nsc1NCCc1cc(F)cc(F)c1. The number of rotatable bonds is 5. The predicted molar refractivity (Wildman–Crippen MR) is 78.5 cm³/mol. The van der Waals surface area contributed by atoms with E-state index in [0.717, 1.165) is 17.6 Å². The molecule has 0 radical (unpaired) electrons. The average Bonchev–Trinajstić information content (AvgIpc) is 2.78. The largest absolute Gasteiger partial charge is 0.382 e. The van der Waals surface area contributed by atoms with Gasteiger partial charge >= 0.3 is 0 Å². The second-order valence-corrected chi connectivity index (χ2v) is 5.08. The third-order valence-corrected chi connectivity index (χ3v) is 3.61. The van der Waals surface area contributed by atoms with E-state index in [1.807, 2.05) is 0 Å². The van der Waals surface area contributed by atoms with Gasteiger partial charge in [-0.15, -0.1) is 0 Å². The topological polar surface area (TPSA) is 80.0 Å². The number of nitrogens with zero attached hydrogens (tertiary/aromatic N) is 1. The number of aromatic nitrogens is 1. The number of hydrogen-bond donors (Lipinski definition) is 3. The lowest BCUT2D eigenvalue weighted by molar-refractivity contribution is 0.0965. The molecule has 0 bridgehead atoms. The summed E-state index contributed by atoms with van der Waals surface area (Å²) in [7, 11) is 1.50. The van der Waals surface area contributed by atoms with Crippen LogP contribution >= 0.6 is 11.5 Å². The minimum absolute atomic E-state index is 0.152. The average molecular weight is 312 g/mol. The molecule has 112 valence electrons. The highest BCUT2D eigenvalue weighted by molar-refractivity contribution is 7.11. The molecule has 1 aromatic heterocycles. The first-order valence-electron chi connectivity index (χ1n) is 6.17. The standard InChI is InChI=1S/C13H14F2N4OS/c1-17-12(20)10-11(16)19-21-13(10)18-3-2-7-4-8(14)6-9(15)5-7/h4-6,18H,2-3H2,1H3,(H2,16,19)(H,17,20). The van der Waals surface area contributed by atoms with Crippen LogP contribution < -0.4 is 16.4 Å². The molecule has 0 saturated carbocycles. The predicted octanol–water partition coefficient (Wildman–Crippen LogP) is 2.02. The number of nitrogen functional groups attached to an aromatic ring is 1. The van der Waals surface area contributed by atoms with Crippen molar-refractivity contribution in [2.24, 2.45) is 0 Å². The number of halogens is 2. The molecule has 2 rings (SSSR count). The van der Waals surface area contributed by atoms with Crippen LogP contribution in [0.4, 0.5) is 19.6 Å². The maximum Gasteiger partial charge on any atom is 0.257 e. The Labute approximate surface area is 124 Å². The Hall–Kier alpha value is -2.22. The Bertz CT molecular complexity index is 639. The molecular formula is C13H14F2N4OS. The Morgan fingerprint density at radius 3 is 2.62 bits per heavy atom. The van der Waals surface area contributed by atoms with Gasteiger partial charge in [-0.05, 0) is 35.6 Å². The molecule has 0 saturated heterocycles. The van der Waals surface area contributed by atoms with Gasteiger partial charge in [0, 0.05) is 19.7 Å². The van der Waals surface area contributed by atoms with Crippen LogP contribution in [0.3, 0.4) is 0 Å². The number of benzene rings is 1. The van der Waals surface area contributed by atoms with Crippen LogP contribution in [0.15, 0.2) is 18.2 Å². The zero-order chi connectivity index (χ0) is 15.4. The van der Waals surface area contributed by atoms with Gasteiger partial charge in [-0.25, -0.2) is 8.78 Å². The Morgan fingerprint density at radius 2 is 2.00 bits per heavy atom. The fraction of sp³-hybridized carbons (Fsp3) is 0.231. The first kappa shape index (κ1) is 15.2. The van der Waals surface area contributed by atoms with E-state index in [9.17, 15) is 13.6 Å². The van der Waals surface area contributed by atoms with Crippen LogP contribution in [0, 0.1) is 11.6 Å². The van der Waals surface area contributed by atoms with Gasteiger partial charge in [0.1, 0.15) is 22.2 Å². The first-order chi connectivity index (χ1) is 10.0. The molecule has 5 nitrogen and oxygen atoms in total. The Morgan fingerprint density at radius 1 is 1.33 bits per heavy atom. The summed E-state index contributed by atoms with van der Waals surface area (Å²) in [5.74, 6) is -1.41. The molecule has 1 amide bonds. The molecule has 0 aliphatic rings. The lowest BCUT2D eigenvalue weighted by Crippen LogP contribution is -2.20. The van der Waals surface area contributed by atoms with Gasteiger partial charge in [-0.3, -0.25) is 4.79 Å². The van der Waals surface area contributed by atoms with Gasteiger partial charge in [-0.1, -0.05) is 0 Å². The molecule has 21 heavy (non-hydrogen) atoms. The summed E-state index contributed by atoms with van der Waals surface area (Å²) < 4.78 is 30.0. The van der Waals surface area contributed by atoms with Crippen molar-refractivity contribution >= 4 is 28.3 Å². The number of amides is 1. The molecule has 0 atom stereocenters. The van der Waals surface area contributed by atoms with Crippen molar-refractivity contribution in [2.75, 3.05) is 24.6 Å². The van der Waals surface area contributed by atoms with E-state index in [1.165, 1.54) is 19.2 Å². The van der Waals surface area contributed by atoms with Crippen LogP contribution in [0.1, 0.15) is 15.9 Å². The van der Waals surface area contributed by atoms with E-state index in [4.69, 9.17) is 5.73 Å². The molecule has 4 N–H and O–H groups in total. The summed E-state index contributed by atoms with van der Waals surface area (Å²) in [4.78, 5) is 11.7. The molecule has 2 aromatic rings. The number of hydrogen-bond acceptors (Lipinski definition) is 5. The highest BCUT2D eigenvalue weighted by Gasteiger charge is 2.17. The number of carbonyl (C=O) groups excluding carboxylic acids is 1. The van der Waals surface area contributed by atoms with E-state index in [-0.39, 0.29) is 17.3 Å². The number of carbonyl (C=O) groups is 1. The second-order valence-electron chi connectivity index (χ2n) is 4.31. The van der Waals surface area contributed by atoms with Crippen molar-refractivity contribution in [2.45, 2.75) is 6.42 Å². The number of nitrogens with one attached hydrogen (secondary N) is 2. The molecule has 0 fully saturated rings. The molecule has 0 aliphatic heterocycles. The van der Waals surface area contributed by atoms with Crippen molar-refractivity contribution in [3.05, 3.63) is 41.0 Å². The van der Waals surface area contributed by atoms with Crippen molar-refractivity contribution in [3.8, 4) is 0 Å². The van der Waals surface area contributed by atoms with Crippen LogP contribution in [0.25, 0.3) is 0 Å². The molecular weight excluding hydrogens is 298 g/mol. The summed E-state index contributed by atoms with van der Waals surface area (Å²) in [6.45, 7) is 0.397. The van der Waals surface area contributed by atoms with Crippen molar-refractivity contribution in [1.29, 1.82) is 0 Å². The van der Waals surface area contributed by atoms with Crippen LogP contribution in [0.2, 0.25) is 0 Å². The lowest BCUT2D eigenvalue weighted by Gasteiger charge is -2.07. The third-order valence-electron chi connectivity index (χ3n) is 2.79. The summed E-state index contributed by atoms with van der Waals surface area (Å²) in [5.41, 5.74) is 6.45. The summed E-state index contributed by atoms with van der Waals surface area (Å²) in [6, 6.07) is 3.36. The van der Waals surface area contributed by atoms with Crippen LogP contribution in [-0.4, -0.2) is 23.9 Å². The van der Waals surface area contributed by atoms with Crippen molar-refractivity contribution < 1.29 is 13.6 Å². The zero-order valence-corrected chi connectivity index (χ0v) is 12.1. The molecule has 0 unspecified atom stereocenters. The summed E-state index contributed by atoms with van der Waals surface area (Å²) >= 11 is 1.07. The minimum atomic E-state index is -0.613. The normalized spacial score (nSPS) is 10.4. The Balaban J connectivity index is 2.02. The maximum absolute atomic E-state index is 13.1. The van der Waals surface area contributed by atoms with Gasteiger partial charge < -0.3 is 16.4 Å². The smallest absolute Gasteiger partial charge is 0.257 e. The molecule has 0 aliphatic carbocycles. The van der Waals surface area contributed by atoms with E-state index in [1.54, 1.807) is 0 Å². The highest BCUT2D eigenvalue weighted by atomic mass is 32.1. The first-order valence-corrected chi connectivity index (χ1v) is 6.94. The fourth-order valence-electron chi connectivity index (χ4n) is 1.84. The van der Waals surface area contributed by atoms with E-state index < -0.39 is 11.6 Å². The molecule has 8 heteroatoms. The maximum atomic E-state index is 13.1. The zero-order valence-electron chi connectivity index (χ0n) is 11.2. The van der Waals surface area contributed by atoms with Gasteiger partial charge in [0.2, 0.25) is 0 Å². The van der Waals surface area contributed by atoms with E-state index >= 15 is 0 Å². The van der Waals surface area contributed by atoms with E-state index in [0.29, 0.717) is 23.5 Å². The highest BCUT2D eigenvalue weighted by Crippen LogP contribution is 2.26. The van der Waals surface area contributed by atoms with Crippen molar-refractivity contribution in [3.63, 3.8) is 0 Å². The molecule has 1 heterocycles. The second kappa shape index (κ2) is 6.49. The Kier molecular flexibility index (Phi) is 4.69. The summed E-state index contributed by atoms with van der Waals surface area (Å²) in [5, 5.41) is 6.02. The third kappa shape index (κ3) is 3.66. The minimum Gasteiger partial charge on any atom is -0.382 e. The fourth-order valence-corrected chi connectivity index (χ4v) is 2.58. The van der Waals surface area contributed by atoms with Gasteiger partial charge in [0.25, 0.3) is 5.91 Å². The van der Waals surface area contributed by atoms with Crippen LogP contribution in [0.5, 0.6) is 0 Å². The quantitative estimate of drug-likeness (QED) is 0.789. The number of nitrogens with two attached hydrogens (primary N) is 1. The van der Waals surface area contributed by atoms with Crippen molar-refractivity contribution in [1.82, 2.24) is 9.69 Å².